The summed E-state index contributed by atoms with van der Waals surface area (Å²) in [5, 5.41) is 22.7. The van der Waals surface area contributed by atoms with Gasteiger partial charge in [-0.1, -0.05) is 72.8 Å². The molecule has 1 atom stereocenters. The Morgan fingerprint density at radius 2 is 2.05 bits per heavy atom. The van der Waals surface area contributed by atoms with Crippen LogP contribution in [0.25, 0.3) is 0 Å². The van der Waals surface area contributed by atoms with Gasteiger partial charge >= 0.3 is 0 Å². The Bertz CT molecular complexity index is 1640. The van der Waals surface area contributed by atoms with E-state index in [-0.39, 0.29) is 34.3 Å². The molecule has 0 radical (unpaired) electrons. The Morgan fingerprint density at radius 3 is 2.78 bits per heavy atom. The number of nitrogens with two attached hydrogens (primary N) is 1. The van der Waals surface area contributed by atoms with Crippen LogP contribution in [0.3, 0.4) is 0 Å². The summed E-state index contributed by atoms with van der Waals surface area (Å²) < 4.78 is 6.15. The van der Waals surface area contributed by atoms with E-state index in [1.165, 1.54) is 23.1 Å². The molecular formula is C29H27ClN6O3S2. The van der Waals surface area contributed by atoms with Gasteiger partial charge in [-0.05, 0) is 36.1 Å². The van der Waals surface area contributed by atoms with Crippen LogP contribution in [0.4, 0.5) is 10.8 Å². The van der Waals surface area contributed by atoms with E-state index in [4.69, 9.17) is 22.1 Å². The molecule has 2 aromatic carbocycles. The van der Waals surface area contributed by atoms with Crippen LogP contribution in [0, 0.1) is 16.7 Å². The predicted octanol–water partition coefficient (Wildman–Crippen LogP) is 5.87. The van der Waals surface area contributed by atoms with Gasteiger partial charge in [0.1, 0.15) is 11.6 Å². The van der Waals surface area contributed by atoms with Crippen LogP contribution in [0.5, 0.6) is 5.75 Å². The van der Waals surface area contributed by atoms with Crippen molar-refractivity contribution in [2.75, 3.05) is 23.1 Å². The van der Waals surface area contributed by atoms with Gasteiger partial charge in [0.15, 0.2) is 10.1 Å². The molecule has 0 fully saturated rings. The van der Waals surface area contributed by atoms with Gasteiger partial charge in [-0.15, -0.1) is 10.2 Å². The van der Waals surface area contributed by atoms with E-state index < -0.39 is 5.92 Å². The first-order valence-corrected chi connectivity index (χ1v) is 14.9. The molecule has 2 aliphatic rings. The lowest BCUT2D eigenvalue weighted by molar-refractivity contribution is -0.118. The van der Waals surface area contributed by atoms with Crippen LogP contribution in [-0.4, -0.2) is 34.8 Å². The molecule has 210 valence electrons. The van der Waals surface area contributed by atoms with Crippen molar-refractivity contribution in [3.63, 3.8) is 0 Å². The second-order valence-electron chi connectivity index (χ2n) is 10.4. The number of methoxy groups -OCH3 is 1. The number of carbonyl (C=O) groups excluding carboxylic acids is 2. The number of anilines is 2. The number of thioether (sulfide) groups is 1. The summed E-state index contributed by atoms with van der Waals surface area (Å²) in [7, 11) is 1.56. The Kier molecular flexibility index (Phi) is 8.09. The van der Waals surface area contributed by atoms with Crippen molar-refractivity contribution in [1.82, 2.24) is 10.2 Å². The Morgan fingerprint density at radius 1 is 1.27 bits per heavy atom. The Balaban J connectivity index is 1.49. The highest BCUT2D eigenvalue weighted by Crippen LogP contribution is 2.52. The molecule has 9 nitrogen and oxygen atoms in total. The number of carbonyl (C=O) groups is 2. The van der Waals surface area contributed by atoms with Crippen molar-refractivity contribution in [3.8, 4) is 11.8 Å². The quantitative estimate of drug-likeness (QED) is 0.316. The van der Waals surface area contributed by atoms with Crippen molar-refractivity contribution in [3.05, 3.63) is 81.8 Å². The third-order valence-electron chi connectivity index (χ3n) is 6.85. The van der Waals surface area contributed by atoms with Crippen LogP contribution in [-0.2, 0) is 9.59 Å². The molecule has 41 heavy (non-hydrogen) atoms. The maximum absolute atomic E-state index is 13.7. The van der Waals surface area contributed by atoms with E-state index >= 15 is 0 Å². The molecule has 5 rings (SSSR count). The third-order valence-corrected chi connectivity index (χ3v) is 9.13. The van der Waals surface area contributed by atoms with Crippen LogP contribution in [0.15, 0.2) is 75.5 Å². The molecule has 2 heterocycles. The fraction of sp³-hybridized carbons (Fsp3) is 0.276. The first-order chi connectivity index (χ1) is 19.6. The van der Waals surface area contributed by atoms with Gasteiger partial charge in [-0.25, -0.2) is 0 Å². The number of nitriles is 1. The maximum Gasteiger partial charge on any atom is 0.234 e. The summed E-state index contributed by atoms with van der Waals surface area (Å²) in [4.78, 5) is 27.9. The standard InChI is InChI=1S/C29H27ClN6O3S2/c1-29(2)12-20-25(21(37)13-29)24(18-9-4-5-10-22(18)39-3)19(14-31)26(32)36(20)27-34-35-28(41-27)40-15-23(38)33-17-8-6-7-16(30)11-17/h4-11,24H,12-13,15,32H2,1-3H3,(H,33,38). The Labute approximate surface area is 251 Å². The summed E-state index contributed by atoms with van der Waals surface area (Å²) in [6.45, 7) is 4.06. The fourth-order valence-electron chi connectivity index (χ4n) is 5.19. The zero-order valence-corrected chi connectivity index (χ0v) is 25.0. The van der Waals surface area contributed by atoms with E-state index in [0.29, 0.717) is 55.6 Å². The van der Waals surface area contributed by atoms with E-state index in [2.05, 4.69) is 21.6 Å². The molecule has 1 unspecified atom stereocenters. The molecule has 0 spiro atoms. The second kappa shape index (κ2) is 11.6. The highest BCUT2D eigenvalue weighted by atomic mass is 35.5. The summed E-state index contributed by atoms with van der Waals surface area (Å²) in [6.07, 6.45) is 0.881. The number of rotatable bonds is 7. The SMILES string of the molecule is COc1ccccc1C1C(C#N)=C(N)N(c2nnc(SCC(=O)Nc3cccc(Cl)c3)s2)C2=C1C(=O)CC(C)(C)C2. The summed E-state index contributed by atoms with van der Waals surface area (Å²) in [6, 6.07) is 16.5. The topological polar surface area (TPSA) is 134 Å². The summed E-state index contributed by atoms with van der Waals surface area (Å²) >= 11 is 8.47. The van der Waals surface area contributed by atoms with E-state index in [1.54, 1.807) is 42.3 Å². The molecule has 0 bridgehead atoms. The molecule has 0 saturated heterocycles. The highest BCUT2D eigenvalue weighted by molar-refractivity contribution is 8.01. The van der Waals surface area contributed by atoms with E-state index in [0.717, 1.165) is 0 Å². The lowest BCUT2D eigenvalue weighted by atomic mass is 9.68. The zero-order valence-electron chi connectivity index (χ0n) is 22.6. The molecule has 1 amide bonds. The molecule has 3 aromatic rings. The van der Waals surface area contributed by atoms with Gasteiger partial charge in [-0.3, -0.25) is 14.5 Å². The van der Waals surface area contributed by atoms with E-state index in [9.17, 15) is 14.9 Å². The van der Waals surface area contributed by atoms with Gasteiger partial charge < -0.3 is 15.8 Å². The number of amides is 1. The molecular weight excluding hydrogens is 580 g/mol. The average Bonchev–Trinajstić information content (AvgIpc) is 3.39. The zero-order chi connectivity index (χ0) is 29.3. The number of halogens is 1. The van der Waals surface area contributed by atoms with Crippen molar-refractivity contribution in [2.45, 2.75) is 36.9 Å². The minimum Gasteiger partial charge on any atom is -0.496 e. The molecule has 0 saturated carbocycles. The number of ether oxygens (including phenoxy) is 1. The van der Waals surface area contributed by atoms with Crippen molar-refractivity contribution >= 4 is 57.2 Å². The van der Waals surface area contributed by atoms with Crippen molar-refractivity contribution in [2.24, 2.45) is 11.1 Å². The lowest BCUT2D eigenvalue weighted by Gasteiger charge is -2.42. The summed E-state index contributed by atoms with van der Waals surface area (Å²) in [5.74, 6) is -0.0640. The lowest BCUT2D eigenvalue weighted by Crippen LogP contribution is -2.42. The second-order valence-corrected chi connectivity index (χ2v) is 13.0. The number of para-hydroxylation sites is 1. The number of Topliss-reactive ketones (excluding diaryl/α,β-unsaturated/α-hetero) is 1. The van der Waals surface area contributed by atoms with Gasteiger partial charge in [0, 0.05) is 34.0 Å². The van der Waals surface area contributed by atoms with E-state index in [1.807, 2.05) is 32.0 Å². The number of hydrogen-bond acceptors (Lipinski definition) is 10. The first-order valence-electron chi connectivity index (χ1n) is 12.7. The fourth-order valence-corrected chi connectivity index (χ4v) is 7.06. The predicted molar refractivity (Wildman–Crippen MR) is 161 cm³/mol. The molecule has 12 heteroatoms. The van der Waals surface area contributed by atoms with Gasteiger partial charge in [0.25, 0.3) is 0 Å². The van der Waals surface area contributed by atoms with Crippen LogP contribution >= 0.6 is 34.7 Å². The number of benzene rings is 2. The van der Waals surface area contributed by atoms with Gasteiger partial charge in [-0.2, -0.15) is 5.26 Å². The minimum absolute atomic E-state index is 0.0470. The molecule has 1 aliphatic heterocycles. The summed E-state index contributed by atoms with van der Waals surface area (Å²) in [5.41, 5.74) is 9.15. The number of hydrogen-bond donors (Lipinski definition) is 2. The first kappa shape index (κ1) is 28.7. The monoisotopic (exact) mass is 606 g/mol. The number of nitrogens with one attached hydrogen (secondary N) is 1. The molecule has 1 aliphatic carbocycles. The largest absolute Gasteiger partial charge is 0.496 e. The number of ketones is 1. The van der Waals surface area contributed by atoms with Crippen molar-refractivity contribution in [1.29, 1.82) is 5.26 Å². The van der Waals surface area contributed by atoms with Crippen molar-refractivity contribution < 1.29 is 14.3 Å². The number of allylic oxidation sites excluding steroid dienone is 3. The molecule has 3 N–H and O–H groups in total. The van der Waals surface area contributed by atoms with Gasteiger partial charge in [0.2, 0.25) is 11.0 Å². The average molecular weight is 607 g/mol. The third kappa shape index (κ3) is 5.81. The van der Waals surface area contributed by atoms with Crippen LogP contribution < -0.4 is 20.7 Å². The number of aromatic nitrogens is 2. The Hall–Kier alpha value is -3.85. The van der Waals surface area contributed by atoms with Crippen LogP contribution in [0.2, 0.25) is 5.02 Å². The molecule has 1 aromatic heterocycles. The maximum atomic E-state index is 13.7. The normalized spacial score (nSPS) is 18.2. The minimum atomic E-state index is -0.664. The number of nitrogens with zero attached hydrogens (tertiary/aromatic N) is 4. The smallest absolute Gasteiger partial charge is 0.234 e. The highest BCUT2D eigenvalue weighted by Gasteiger charge is 2.46. The van der Waals surface area contributed by atoms with Crippen LogP contribution in [0.1, 0.15) is 38.2 Å². The van der Waals surface area contributed by atoms with Gasteiger partial charge in [0.05, 0.1) is 30.4 Å².